The summed E-state index contributed by atoms with van der Waals surface area (Å²) in [4.78, 5) is 16.7. The summed E-state index contributed by atoms with van der Waals surface area (Å²) in [5, 5.41) is 3.91. The molecule has 0 saturated heterocycles. The highest BCUT2D eigenvalue weighted by atomic mass is 35.5. The lowest BCUT2D eigenvalue weighted by molar-refractivity contribution is 0.0954. The third kappa shape index (κ3) is 5.65. The largest absolute Gasteiger partial charge is 0.350 e. The number of nitrogens with zero attached hydrogens (tertiary/aromatic N) is 1. The van der Waals surface area contributed by atoms with Crippen molar-refractivity contribution in [3.63, 3.8) is 0 Å². The molecule has 1 heterocycles. The minimum atomic E-state index is -0.0408. The standard InChI is InChI=1S/C12H19N3OS.2ClH/c1-2-3-11-14-7-10(17-11)12(16)15-6-9(13)8-4-5-8;;/h7-9H,2-6,13H2,1H3,(H,15,16);2*1H. The number of carbonyl (C=O) groups excluding carboxylic acids is 1. The predicted molar refractivity (Wildman–Crippen MR) is 83.6 cm³/mol. The van der Waals surface area contributed by atoms with Crippen LogP contribution in [0.3, 0.4) is 0 Å². The normalized spacial score (nSPS) is 15.1. The molecule has 4 nitrogen and oxygen atoms in total. The SMILES string of the molecule is CCCc1ncc(C(=O)NCC(N)C2CC2)s1.Cl.Cl. The average Bonchev–Trinajstić information content (AvgIpc) is 3.07. The number of rotatable bonds is 6. The number of carbonyl (C=O) groups is 1. The van der Waals surface area contributed by atoms with Crippen molar-refractivity contribution in [3.05, 3.63) is 16.1 Å². The van der Waals surface area contributed by atoms with E-state index < -0.39 is 0 Å². The van der Waals surface area contributed by atoms with Crippen LogP contribution in [0.25, 0.3) is 0 Å². The number of hydrogen-bond donors (Lipinski definition) is 2. The van der Waals surface area contributed by atoms with Crippen molar-refractivity contribution in [1.29, 1.82) is 0 Å². The van der Waals surface area contributed by atoms with Crippen molar-refractivity contribution in [3.8, 4) is 0 Å². The Morgan fingerprint density at radius 2 is 2.26 bits per heavy atom. The van der Waals surface area contributed by atoms with Gasteiger partial charge in [0.25, 0.3) is 5.91 Å². The Balaban J connectivity index is 0.00000162. The van der Waals surface area contributed by atoms with E-state index in [1.54, 1.807) is 6.20 Å². The van der Waals surface area contributed by atoms with E-state index >= 15 is 0 Å². The fraction of sp³-hybridized carbons (Fsp3) is 0.667. The van der Waals surface area contributed by atoms with Crippen molar-refractivity contribution < 1.29 is 4.79 Å². The minimum Gasteiger partial charge on any atom is -0.350 e. The molecule has 1 unspecified atom stereocenters. The third-order valence-corrected chi connectivity index (χ3v) is 4.02. The maximum Gasteiger partial charge on any atom is 0.263 e. The number of aryl methyl sites for hydroxylation is 1. The Kier molecular flexibility index (Phi) is 8.57. The molecule has 3 N–H and O–H groups in total. The van der Waals surface area contributed by atoms with Gasteiger partial charge in [-0.3, -0.25) is 4.79 Å². The molecule has 1 aromatic heterocycles. The number of amides is 1. The zero-order valence-corrected chi connectivity index (χ0v) is 13.4. The monoisotopic (exact) mass is 325 g/mol. The molecule has 1 aromatic rings. The first-order chi connectivity index (χ1) is 8.20. The first kappa shape index (κ1) is 18.6. The van der Waals surface area contributed by atoms with Crippen LogP contribution in [0.4, 0.5) is 0 Å². The number of aromatic nitrogens is 1. The van der Waals surface area contributed by atoms with Crippen LogP contribution in [0.15, 0.2) is 6.20 Å². The van der Waals surface area contributed by atoms with Gasteiger partial charge in [-0.05, 0) is 31.6 Å². The van der Waals surface area contributed by atoms with Gasteiger partial charge in [0.05, 0.1) is 11.2 Å². The molecule has 2 rings (SSSR count). The van der Waals surface area contributed by atoms with Crippen LogP contribution in [-0.4, -0.2) is 23.5 Å². The van der Waals surface area contributed by atoms with Crippen LogP contribution >= 0.6 is 36.2 Å². The topological polar surface area (TPSA) is 68.0 Å². The molecule has 7 heteroatoms. The molecule has 110 valence electrons. The first-order valence-electron chi connectivity index (χ1n) is 6.19. The Morgan fingerprint density at radius 1 is 1.58 bits per heavy atom. The van der Waals surface area contributed by atoms with Crippen LogP contribution in [0, 0.1) is 5.92 Å². The molecule has 0 spiro atoms. The van der Waals surface area contributed by atoms with Gasteiger partial charge < -0.3 is 11.1 Å². The Labute approximate surface area is 130 Å². The lowest BCUT2D eigenvalue weighted by Gasteiger charge is -2.10. The van der Waals surface area contributed by atoms with Crippen LogP contribution in [-0.2, 0) is 6.42 Å². The smallest absolute Gasteiger partial charge is 0.263 e. The molecule has 1 aliphatic carbocycles. The van der Waals surface area contributed by atoms with Crippen molar-refractivity contribution in [2.45, 2.75) is 38.6 Å². The van der Waals surface area contributed by atoms with Gasteiger partial charge in [-0.2, -0.15) is 0 Å². The van der Waals surface area contributed by atoms with E-state index in [0.717, 1.165) is 17.8 Å². The van der Waals surface area contributed by atoms with E-state index in [1.807, 2.05) is 0 Å². The quantitative estimate of drug-likeness (QED) is 0.843. The summed E-state index contributed by atoms with van der Waals surface area (Å²) >= 11 is 1.48. The predicted octanol–water partition coefficient (Wildman–Crippen LogP) is 2.41. The second kappa shape index (κ2) is 8.74. The van der Waals surface area contributed by atoms with Gasteiger partial charge in [0, 0.05) is 12.6 Å². The van der Waals surface area contributed by atoms with E-state index in [1.165, 1.54) is 24.2 Å². The zero-order valence-electron chi connectivity index (χ0n) is 10.9. The van der Waals surface area contributed by atoms with Crippen LogP contribution in [0.1, 0.15) is 40.9 Å². The fourth-order valence-electron chi connectivity index (χ4n) is 1.73. The summed E-state index contributed by atoms with van der Waals surface area (Å²) in [6.07, 6.45) is 6.07. The van der Waals surface area contributed by atoms with Crippen molar-refractivity contribution >= 4 is 42.1 Å². The summed E-state index contributed by atoms with van der Waals surface area (Å²) in [6, 6.07) is 0.113. The Hall–Kier alpha value is -0.360. The molecule has 0 bridgehead atoms. The highest BCUT2D eigenvalue weighted by Gasteiger charge is 2.28. The van der Waals surface area contributed by atoms with Crippen LogP contribution in [0.2, 0.25) is 0 Å². The van der Waals surface area contributed by atoms with E-state index in [2.05, 4.69) is 17.2 Å². The summed E-state index contributed by atoms with van der Waals surface area (Å²) in [5.41, 5.74) is 5.93. The average molecular weight is 326 g/mol. The number of nitrogens with two attached hydrogens (primary N) is 1. The molecule has 0 aliphatic heterocycles. The minimum absolute atomic E-state index is 0. The van der Waals surface area contributed by atoms with Crippen molar-refractivity contribution in [1.82, 2.24) is 10.3 Å². The van der Waals surface area contributed by atoms with Gasteiger partial charge >= 0.3 is 0 Å². The zero-order chi connectivity index (χ0) is 12.3. The lowest BCUT2D eigenvalue weighted by atomic mass is 10.2. The van der Waals surface area contributed by atoms with Crippen LogP contribution in [0.5, 0.6) is 0 Å². The van der Waals surface area contributed by atoms with Crippen molar-refractivity contribution in [2.24, 2.45) is 11.7 Å². The summed E-state index contributed by atoms with van der Waals surface area (Å²) in [7, 11) is 0. The summed E-state index contributed by atoms with van der Waals surface area (Å²) in [5.74, 6) is 0.577. The number of thiazole rings is 1. The second-order valence-electron chi connectivity index (χ2n) is 4.58. The molecule has 1 atom stereocenters. The molecule has 1 fully saturated rings. The second-order valence-corrected chi connectivity index (χ2v) is 5.69. The molecule has 1 aliphatic rings. The van der Waals surface area contributed by atoms with Gasteiger partial charge in [-0.1, -0.05) is 6.92 Å². The maximum atomic E-state index is 11.8. The number of hydrogen-bond acceptors (Lipinski definition) is 4. The van der Waals surface area contributed by atoms with E-state index in [0.29, 0.717) is 17.3 Å². The van der Waals surface area contributed by atoms with E-state index in [-0.39, 0.29) is 36.8 Å². The van der Waals surface area contributed by atoms with Gasteiger partial charge in [0.2, 0.25) is 0 Å². The molecule has 19 heavy (non-hydrogen) atoms. The van der Waals surface area contributed by atoms with Crippen LogP contribution < -0.4 is 11.1 Å². The van der Waals surface area contributed by atoms with Crippen molar-refractivity contribution in [2.75, 3.05) is 6.54 Å². The first-order valence-corrected chi connectivity index (χ1v) is 7.00. The number of halogens is 2. The Morgan fingerprint density at radius 3 is 2.84 bits per heavy atom. The van der Waals surface area contributed by atoms with E-state index in [4.69, 9.17) is 5.73 Å². The lowest BCUT2D eigenvalue weighted by Crippen LogP contribution is -2.38. The molecular weight excluding hydrogens is 305 g/mol. The van der Waals surface area contributed by atoms with Gasteiger partial charge in [-0.25, -0.2) is 4.98 Å². The molecule has 0 aromatic carbocycles. The fourth-order valence-corrected chi connectivity index (χ4v) is 2.67. The van der Waals surface area contributed by atoms with Gasteiger partial charge in [0.15, 0.2) is 0 Å². The van der Waals surface area contributed by atoms with E-state index in [9.17, 15) is 4.79 Å². The number of nitrogens with one attached hydrogen (secondary N) is 1. The van der Waals surface area contributed by atoms with Gasteiger partial charge in [0.1, 0.15) is 4.88 Å². The summed E-state index contributed by atoms with van der Waals surface area (Å²) < 4.78 is 0. The molecular formula is C12H21Cl2N3OS. The summed E-state index contributed by atoms with van der Waals surface area (Å²) in [6.45, 7) is 2.68. The molecule has 1 amide bonds. The maximum absolute atomic E-state index is 11.8. The molecule has 1 saturated carbocycles. The molecule has 0 radical (unpaired) electrons. The highest BCUT2D eigenvalue weighted by Crippen LogP contribution is 2.31. The highest BCUT2D eigenvalue weighted by molar-refractivity contribution is 7.13. The Bertz CT molecular complexity index is 396. The third-order valence-electron chi connectivity index (χ3n) is 2.97. The van der Waals surface area contributed by atoms with Gasteiger partial charge in [-0.15, -0.1) is 36.2 Å².